The molecule has 0 rings (SSSR count). The Morgan fingerprint density at radius 1 is 1.56 bits per heavy atom. The Kier molecular flexibility index (Phi) is 3.62. The molecule has 0 spiro atoms. The van der Waals surface area contributed by atoms with Crippen LogP contribution in [0.2, 0.25) is 0 Å². The normalized spacial score (nSPS) is 9.00. The van der Waals surface area contributed by atoms with E-state index < -0.39 is 5.97 Å². The van der Waals surface area contributed by atoms with Crippen LogP contribution in [0.5, 0.6) is 0 Å². The van der Waals surface area contributed by atoms with Gasteiger partial charge in [-0.2, -0.15) is 0 Å². The number of quaternary nitrogens is 1. The minimum Gasteiger partial charge on any atom is -0.481 e. The van der Waals surface area contributed by atoms with Crippen LogP contribution in [-0.2, 0) is 9.59 Å². The number of hydrogen-bond donors (Lipinski definition) is 2. The van der Waals surface area contributed by atoms with Gasteiger partial charge in [-0.05, 0) is 0 Å². The molecule has 0 aromatic carbocycles. The Morgan fingerprint density at radius 3 is 2.44 bits per heavy atom. The number of carbonyl (C=O) groups is 2. The van der Waals surface area contributed by atoms with Crippen LogP contribution < -0.4 is 5.32 Å². The molecule has 0 aliphatic rings. The molecule has 0 aromatic rings. The number of hydrogen-bond acceptors (Lipinski definition) is 2. The van der Waals surface area contributed by atoms with Crippen LogP contribution >= 0.6 is 0 Å². The molecule has 1 amide bonds. The molecular formula is C5H10NO3+. The third-order valence-corrected chi connectivity index (χ3v) is 0.790. The largest absolute Gasteiger partial charge is 0.481 e. The van der Waals surface area contributed by atoms with Crippen LogP contribution in [-0.4, -0.2) is 23.5 Å². The van der Waals surface area contributed by atoms with Gasteiger partial charge in [0.25, 0.3) is 0 Å². The number of rotatable bonds is 3. The highest BCUT2D eigenvalue weighted by Gasteiger charge is 1.99. The van der Waals surface area contributed by atoms with Crippen LogP contribution in [0.4, 0.5) is 0 Å². The highest BCUT2D eigenvalue weighted by Crippen LogP contribution is 1.67. The van der Waals surface area contributed by atoms with Gasteiger partial charge in [0.15, 0.2) is 0 Å². The Bertz CT molecular complexity index is 107. The first-order valence-corrected chi connectivity index (χ1v) is 2.68. The Labute approximate surface area is 52.9 Å². The zero-order chi connectivity index (χ0) is 7.28. The fraction of sp³-hybridized carbons (Fsp3) is 0.600. The van der Waals surface area contributed by atoms with Crippen molar-refractivity contribution in [1.82, 2.24) is 0 Å². The second-order valence-corrected chi connectivity index (χ2v) is 1.75. The maximum absolute atomic E-state index is 10.2. The number of nitrogens with two attached hydrogens (primary N) is 1. The van der Waals surface area contributed by atoms with Gasteiger partial charge in [-0.25, -0.2) is 4.79 Å². The number of primary amides is 1. The monoisotopic (exact) mass is 132 g/mol. The number of carboxylic acid groups (broad SMARTS) is 1. The van der Waals surface area contributed by atoms with Gasteiger partial charge in [0.1, 0.15) is 0 Å². The number of carboxylic acids is 1. The van der Waals surface area contributed by atoms with E-state index >= 15 is 0 Å². The Morgan fingerprint density at radius 2 is 2.11 bits per heavy atom. The van der Waals surface area contributed by atoms with Gasteiger partial charge < -0.3 is 5.11 Å². The predicted octanol–water partition coefficient (Wildman–Crippen LogP) is -1.43. The maximum Gasteiger partial charge on any atom is 0.309 e. The van der Waals surface area contributed by atoms with Gasteiger partial charge in [0.2, 0.25) is 0 Å². The molecule has 3 N–H and O–H groups in total. The summed E-state index contributed by atoms with van der Waals surface area (Å²) in [6.07, 6.45) is 0.0413. The number of aliphatic carboxylic acids is 1. The summed E-state index contributed by atoms with van der Waals surface area (Å²) in [4.78, 5) is 20.0. The van der Waals surface area contributed by atoms with Crippen LogP contribution in [0, 0.1) is 0 Å². The molecule has 0 unspecified atom stereocenters. The molecule has 4 nitrogen and oxygen atoms in total. The smallest absolute Gasteiger partial charge is 0.309 e. The van der Waals surface area contributed by atoms with Gasteiger partial charge >= 0.3 is 11.9 Å². The topological polar surface area (TPSA) is 71.0 Å². The van der Waals surface area contributed by atoms with Crippen LogP contribution in [0.3, 0.4) is 0 Å². The van der Waals surface area contributed by atoms with Crippen molar-refractivity contribution in [3.63, 3.8) is 0 Å². The summed E-state index contributed by atoms with van der Waals surface area (Å²) in [5.41, 5.74) is 0. The van der Waals surface area contributed by atoms with Gasteiger partial charge in [0.05, 0.1) is 19.9 Å². The molecule has 0 aromatic heterocycles. The van der Waals surface area contributed by atoms with E-state index in [4.69, 9.17) is 5.11 Å². The van der Waals surface area contributed by atoms with E-state index in [1.165, 1.54) is 12.2 Å². The summed E-state index contributed by atoms with van der Waals surface area (Å²) in [5.74, 6) is -0.941. The summed E-state index contributed by atoms with van der Waals surface area (Å²) in [6.45, 7) is 1.74. The van der Waals surface area contributed by atoms with E-state index in [0.717, 1.165) is 0 Å². The Hall–Kier alpha value is -0.900. The number of carbonyl (C=O) groups excluding carboxylic acids is 1. The second kappa shape index (κ2) is 4.03. The van der Waals surface area contributed by atoms with E-state index in [1.54, 1.807) is 0 Å². The lowest BCUT2D eigenvalue weighted by Gasteiger charge is -1.89. The molecule has 4 heteroatoms. The summed E-state index contributed by atoms with van der Waals surface area (Å²) in [5, 5.41) is 9.46. The zero-order valence-corrected chi connectivity index (χ0v) is 5.26. The maximum atomic E-state index is 10.2. The third-order valence-electron chi connectivity index (χ3n) is 0.790. The van der Waals surface area contributed by atoms with Crippen LogP contribution in [0.1, 0.15) is 13.3 Å². The summed E-state index contributed by atoms with van der Waals surface area (Å²) < 4.78 is 0. The van der Waals surface area contributed by atoms with Crippen molar-refractivity contribution in [1.29, 1.82) is 0 Å². The van der Waals surface area contributed by atoms with Crippen molar-refractivity contribution in [2.45, 2.75) is 13.3 Å². The fourth-order valence-corrected chi connectivity index (χ4v) is 0.399. The average molecular weight is 132 g/mol. The molecule has 0 aliphatic carbocycles. The predicted molar refractivity (Wildman–Crippen MR) is 29.7 cm³/mol. The van der Waals surface area contributed by atoms with Crippen molar-refractivity contribution in [3.05, 3.63) is 0 Å². The average Bonchev–Trinajstić information content (AvgIpc) is 1.63. The van der Waals surface area contributed by atoms with Crippen molar-refractivity contribution in [2.24, 2.45) is 0 Å². The van der Waals surface area contributed by atoms with Crippen molar-refractivity contribution < 1.29 is 20.0 Å². The minimum absolute atomic E-state index is 0.0413. The summed E-state index contributed by atoms with van der Waals surface area (Å²) >= 11 is 0. The first kappa shape index (κ1) is 8.10. The lowest BCUT2D eigenvalue weighted by Crippen LogP contribution is -2.87. The van der Waals surface area contributed by atoms with Gasteiger partial charge in [-0.15, -0.1) is 0 Å². The molecular weight excluding hydrogens is 122 g/mol. The van der Waals surface area contributed by atoms with E-state index in [-0.39, 0.29) is 12.3 Å². The Balaban J connectivity index is 3.10. The van der Waals surface area contributed by atoms with Crippen molar-refractivity contribution in [3.8, 4) is 0 Å². The second-order valence-electron chi connectivity index (χ2n) is 1.75. The molecule has 0 saturated carbocycles. The molecule has 0 atom stereocenters. The first-order valence-electron chi connectivity index (χ1n) is 2.68. The third kappa shape index (κ3) is 7.10. The summed E-state index contributed by atoms with van der Waals surface area (Å²) in [6, 6.07) is 0. The quantitative estimate of drug-likeness (QED) is 0.494. The molecule has 9 heavy (non-hydrogen) atoms. The van der Waals surface area contributed by atoms with Gasteiger partial charge in [-0.1, -0.05) is 0 Å². The lowest BCUT2D eigenvalue weighted by molar-refractivity contribution is -0.566. The molecule has 0 aliphatic heterocycles. The van der Waals surface area contributed by atoms with Crippen LogP contribution in [0.15, 0.2) is 0 Å². The van der Waals surface area contributed by atoms with E-state index in [0.29, 0.717) is 6.54 Å². The molecule has 52 valence electrons. The first-order chi connectivity index (χ1) is 4.13. The van der Waals surface area contributed by atoms with E-state index in [2.05, 4.69) is 0 Å². The standard InChI is InChI=1S/C5H9NO3/c1-4(7)6-3-2-5(8)9/h2-3H2,1H3,(H,6,7)(H,8,9)/p+1. The van der Waals surface area contributed by atoms with E-state index in [1.807, 2.05) is 0 Å². The van der Waals surface area contributed by atoms with E-state index in [9.17, 15) is 9.59 Å². The van der Waals surface area contributed by atoms with Crippen molar-refractivity contribution >= 4 is 11.9 Å². The summed E-state index contributed by atoms with van der Waals surface area (Å²) in [7, 11) is 0. The fourth-order valence-electron chi connectivity index (χ4n) is 0.399. The highest BCUT2D eigenvalue weighted by molar-refractivity contribution is 5.67. The minimum atomic E-state index is -0.868. The SMILES string of the molecule is CC(=O)[NH2+]CCC(=O)O. The van der Waals surface area contributed by atoms with Gasteiger partial charge in [0, 0.05) is 0 Å². The number of amides is 1. The van der Waals surface area contributed by atoms with Crippen LogP contribution in [0.25, 0.3) is 0 Å². The highest BCUT2D eigenvalue weighted by atomic mass is 16.4. The van der Waals surface area contributed by atoms with Crippen molar-refractivity contribution in [2.75, 3.05) is 6.54 Å². The molecule has 0 heterocycles. The molecule has 0 bridgehead atoms. The lowest BCUT2D eigenvalue weighted by atomic mass is 10.4. The molecule has 0 radical (unpaired) electrons. The molecule has 0 fully saturated rings. The van der Waals surface area contributed by atoms with Gasteiger partial charge in [-0.3, -0.25) is 10.1 Å². The molecule has 0 saturated heterocycles. The zero-order valence-electron chi connectivity index (χ0n) is 5.26.